The van der Waals surface area contributed by atoms with E-state index in [1.54, 1.807) is 7.11 Å². The van der Waals surface area contributed by atoms with Crippen LogP contribution in [-0.2, 0) is 20.9 Å². The van der Waals surface area contributed by atoms with E-state index in [1.165, 1.54) is 5.19 Å². The predicted octanol–water partition coefficient (Wildman–Crippen LogP) is 3.85. The Labute approximate surface area is 162 Å². The number of esters is 1. The third-order valence-corrected chi connectivity index (χ3v) is 7.11. The van der Waals surface area contributed by atoms with Gasteiger partial charge in [0, 0.05) is 0 Å². The van der Waals surface area contributed by atoms with Crippen molar-refractivity contribution in [1.82, 2.24) is 0 Å². The molecule has 0 bridgehead atoms. The molecule has 144 valence electrons. The van der Waals surface area contributed by atoms with Crippen LogP contribution in [0.3, 0.4) is 0 Å². The van der Waals surface area contributed by atoms with Gasteiger partial charge in [-0.15, -0.1) is 0 Å². The van der Waals surface area contributed by atoms with Crippen LogP contribution in [0.5, 0.6) is 5.75 Å². The maximum atomic E-state index is 11.9. The van der Waals surface area contributed by atoms with Crippen LogP contribution in [0, 0.1) is 0 Å². The maximum absolute atomic E-state index is 11.9. The highest BCUT2D eigenvalue weighted by atomic mass is 28.3. The van der Waals surface area contributed by atoms with Gasteiger partial charge in [-0.1, -0.05) is 72.5 Å². The monoisotopic (exact) mass is 384 g/mol. The van der Waals surface area contributed by atoms with E-state index in [4.69, 9.17) is 14.2 Å². The molecule has 0 radical (unpaired) electrons. The zero-order chi connectivity index (χ0) is 19.7. The molecule has 0 aliphatic rings. The second-order valence-corrected chi connectivity index (χ2v) is 11.3. The number of carbonyl (C=O) groups is 1. The Morgan fingerprint density at radius 2 is 1.74 bits per heavy atom. The van der Waals surface area contributed by atoms with Crippen LogP contribution in [0.1, 0.15) is 12.5 Å². The van der Waals surface area contributed by atoms with Gasteiger partial charge in [0.15, 0.2) is 0 Å². The second-order valence-electron chi connectivity index (χ2n) is 6.98. The van der Waals surface area contributed by atoms with Gasteiger partial charge in [0.25, 0.3) is 0 Å². The summed E-state index contributed by atoms with van der Waals surface area (Å²) in [5.74, 6) is 0.431. The minimum atomic E-state index is -1.68. The number of hydrogen-bond donors (Lipinski definition) is 0. The van der Waals surface area contributed by atoms with Gasteiger partial charge >= 0.3 is 5.97 Å². The molecule has 0 aliphatic heterocycles. The fourth-order valence-electron chi connectivity index (χ4n) is 2.59. The topological polar surface area (TPSA) is 44.8 Å². The molecule has 27 heavy (non-hydrogen) atoms. The molecule has 0 aliphatic carbocycles. The number of rotatable bonds is 9. The van der Waals surface area contributed by atoms with Crippen molar-refractivity contribution in [2.45, 2.75) is 32.7 Å². The van der Waals surface area contributed by atoms with Crippen LogP contribution in [0.4, 0.5) is 0 Å². The summed E-state index contributed by atoms with van der Waals surface area (Å²) in [6.45, 7) is 6.70. The Balaban J connectivity index is 1.76. The van der Waals surface area contributed by atoms with Crippen LogP contribution >= 0.6 is 0 Å². The van der Waals surface area contributed by atoms with Crippen molar-refractivity contribution >= 4 is 19.2 Å². The predicted molar refractivity (Wildman–Crippen MR) is 111 cm³/mol. The highest BCUT2D eigenvalue weighted by Gasteiger charge is 2.19. The third kappa shape index (κ3) is 7.04. The standard InChI is InChI=1S/C22H28O4Si/c1-18(14-15-27(3,4)21-8-6-5-7-9-21)26-22(23)17-25-16-19-10-12-20(24-2)13-11-19/h5-15,18H,16-17H2,1-4H3/b15-14-/t18-/m1/s1. The Kier molecular flexibility index (Phi) is 7.82. The first-order chi connectivity index (χ1) is 12.9. The first kappa shape index (κ1) is 20.9. The van der Waals surface area contributed by atoms with Gasteiger partial charge in [-0.3, -0.25) is 0 Å². The van der Waals surface area contributed by atoms with Crippen LogP contribution in [-0.4, -0.2) is 33.9 Å². The van der Waals surface area contributed by atoms with Crippen LogP contribution < -0.4 is 9.92 Å². The van der Waals surface area contributed by atoms with E-state index >= 15 is 0 Å². The molecule has 2 aromatic rings. The molecule has 4 nitrogen and oxygen atoms in total. The molecule has 0 N–H and O–H groups in total. The van der Waals surface area contributed by atoms with Gasteiger partial charge in [0.05, 0.1) is 13.7 Å². The average Bonchev–Trinajstić information content (AvgIpc) is 2.68. The fraction of sp³-hybridized carbons (Fsp3) is 0.318. The van der Waals surface area contributed by atoms with E-state index < -0.39 is 8.07 Å². The summed E-state index contributed by atoms with van der Waals surface area (Å²) in [6, 6.07) is 18.0. The van der Waals surface area contributed by atoms with Gasteiger partial charge < -0.3 is 14.2 Å². The zero-order valence-corrected chi connectivity index (χ0v) is 17.5. The maximum Gasteiger partial charge on any atom is 0.332 e. The lowest BCUT2D eigenvalue weighted by Gasteiger charge is -2.19. The summed E-state index contributed by atoms with van der Waals surface area (Å²) >= 11 is 0. The van der Waals surface area contributed by atoms with Gasteiger partial charge in [-0.2, -0.15) is 0 Å². The Bertz CT molecular complexity index is 739. The Morgan fingerprint density at radius 3 is 2.37 bits per heavy atom. The van der Waals surface area contributed by atoms with Crippen LogP contribution in [0.2, 0.25) is 13.1 Å². The number of benzene rings is 2. The van der Waals surface area contributed by atoms with Crippen molar-refractivity contribution in [3.63, 3.8) is 0 Å². The summed E-state index contributed by atoms with van der Waals surface area (Å²) in [4.78, 5) is 11.9. The molecular weight excluding hydrogens is 356 g/mol. The van der Waals surface area contributed by atoms with E-state index in [1.807, 2.05) is 43.3 Å². The fourth-order valence-corrected chi connectivity index (χ4v) is 4.59. The quantitative estimate of drug-likeness (QED) is 0.486. The van der Waals surface area contributed by atoms with Gasteiger partial charge in [-0.25, -0.2) is 4.79 Å². The minimum Gasteiger partial charge on any atom is -0.497 e. The molecule has 2 aromatic carbocycles. The van der Waals surface area contributed by atoms with E-state index in [0.717, 1.165) is 11.3 Å². The second kappa shape index (κ2) is 10.1. The summed E-state index contributed by atoms with van der Waals surface area (Å²) in [6.07, 6.45) is 1.69. The molecule has 0 aromatic heterocycles. The number of hydrogen-bond acceptors (Lipinski definition) is 4. The van der Waals surface area contributed by atoms with Gasteiger partial charge in [-0.05, 0) is 24.6 Å². The van der Waals surface area contributed by atoms with Crippen LogP contribution in [0.15, 0.2) is 66.4 Å². The van der Waals surface area contributed by atoms with Gasteiger partial charge in [0.1, 0.15) is 26.5 Å². The average molecular weight is 385 g/mol. The van der Waals surface area contributed by atoms with E-state index in [9.17, 15) is 4.79 Å². The normalized spacial score (nSPS) is 12.7. The first-order valence-electron chi connectivity index (χ1n) is 9.06. The summed E-state index contributed by atoms with van der Waals surface area (Å²) in [5.41, 5.74) is 3.19. The van der Waals surface area contributed by atoms with E-state index in [0.29, 0.717) is 6.61 Å². The first-order valence-corrected chi connectivity index (χ1v) is 12.1. The molecular formula is C22H28O4Si. The molecule has 0 amide bonds. The molecule has 0 spiro atoms. The van der Waals surface area contributed by atoms with E-state index in [-0.39, 0.29) is 18.7 Å². The largest absolute Gasteiger partial charge is 0.497 e. The molecule has 0 heterocycles. The minimum absolute atomic E-state index is 0.0658. The molecule has 0 unspecified atom stereocenters. The number of methoxy groups -OCH3 is 1. The van der Waals surface area contributed by atoms with Crippen molar-refractivity contribution in [1.29, 1.82) is 0 Å². The summed E-state index contributed by atoms with van der Waals surface area (Å²) in [7, 11) is -0.0584. The molecule has 1 atom stereocenters. The van der Waals surface area contributed by atoms with Crippen molar-refractivity contribution in [3.05, 3.63) is 71.9 Å². The lowest BCUT2D eigenvalue weighted by Crippen LogP contribution is -2.39. The zero-order valence-electron chi connectivity index (χ0n) is 16.5. The highest BCUT2D eigenvalue weighted by molar-refractivity contribution is 6.93. The van der Waals surface area contributed by atoms with Crippen LogP contribution in [0.25, 0.3) is 0 Å². The van der Waals surface area contributed by atoms with Crippen molar-refractivity contribution in [3.8, 4) is 5.75 Å². The van der Waals surface area contributed by atoms with Crippen molar-refractivity contribution in [2.24, 2.45) is 0 Å². The molecule has 5 heteroatoms. The summed E-state index contributed by atoms with van der Waals surface area (Å²) < 4.78 is 16.0. The number of carbonyl (C=O) groups excluding carboxylic acids is 1. The molecule has 2 rings (SSSR count). The lowest BCUT2D eigenvalue weighted by molar-refractivity contribution is -0.151. The third-order valence-electron chi connectivity index (χ3n) is 4.27. The number of ether oxygens (including phenoxy) is 3. The SMILES string of the molecule is COc1ccc(COCC(=O)O[C@H](C)/C=C\[Si](C)(C)c2ccccc2)cc1. The molecule has 0 saturated carbocycles. The highest BCUT2D eigenvalue weighted by Crippen LogP contribution is 2.12. The lowest BCUT2D eigenvalue weighted by atomic mass is 10.2. The molecule has 0 saturated heterocycles. The molecule has 0 fully saturated rings. The van der Waals surface area contributed by atoms with Crippen molar-refractivity contribution in [2.75, 3.05) is 13.7 Å². The smallest absolute Gasteiger partial charge is 0.332 e. The van der Waals surface area contributed by atoms with Gasteiger partial charge in [0.2, 0.25) is 0 Å². The van der Waals surface area contributed by atoms with Crippen molar-refractivity contribution < 1.29 is 19.0 Å². The Hall–Kier alpha value is -2.37. The van der Waals surface area contributed by atoms with E-state index in [2.05, 4.69) is 43.1 Å². The Morgan fingerprint density at radius 1 is 1.07 bits per heavy atom. The summed E-state index contributed by atoms with van der Waals surface area (Å²) in [5, 5.41) is 1.35.